The van der Waals surface area contributed by atoms with Gasteiger partial charge in [0.25, 0.3) is 5.91 Å². The molecule has 3 rings (SSSR count). The maximum Gasteiger partial charge on any atom is 0.254 e. The molecule has 1 amide bonds. The Hall–Kier alpha value is -2.22. The van der Waals surface area contributed by atoms with Gasteiger partial charge in [-0.25, -0.2) is 0 Å². The fraction of sp³-hybridized carbons (Fsp3) is 0.474. The Balaban J connectivity index is 1.47. The van der Waals surface area contributed by atoms with Gasteiger partial charge in [0.15, 0.2) is 0 Å². The van der Waals surface area contributed by atoms with Crippen molar-refractivity contribution >= 4 is 5.91 Å². The van der Waals surface area contributed by atoms with Crippen LogP contribution in [0.2, 0.25) is 0 Å². The molecule has 1 aromatic carbocycles. The minimum atomic E-state index is -0.725. The molecule has 0 bridgehead atoms. The van der Waals surface area contributed by atoms with E-state index in [9.17, 15) is 9.90 Å². The second kappa shape index (κ2) is 8.93. The van der Waals surface area contributed by atoms with Gasteiger partial charge in [-0.2, -0.15) is 5.10 Å². The number of hydrogen-bond acceptors (Lipinski definition) is 5. The SMILES string of the molecule is Cc1ccccc1C(O)CNC(=O)c1cnn(CCN2CCOCC2)c1. The van der Waals surface area contributed by atoms with Gasteiger partial charge in [-0.3, -0.25) is 14.4 Å². The molecule has 1 atom stereocenters. The lowest BCUT2D eigenvalue weighted by molar-refractivity contribution is 0.0359. The maximum absolute atomic E-state index is 12.3. The first-order valence-electron chi connectivity index (χ1n) is 8.98. The quantitative estimate of drug-likeness (QED) is 0.772. The van der Waals surface area contributed by atoms with Crippen LogP contribution < -0.4 is 5.32 Å². The van der Waals surface area contributed by atoms with Crippen LogP contribution in [0.1, 0.15) is 27.6 Å². The fourth-order valence-corrected chi connectivity index (χ4v) is 3.03. The number of hydrogen-bond donors (Lipinski definition) is 2. The molecule has 7 heteroatoms. The summed E-state index contributed by atoms with van der Waals surface area (Å²) in [5.41, 5.74) is 2.34. The van der Waals surface area contributed by atoms with Crippen molar-refractivity contribution in [2.45, 2.75) is 19.6 Å². The van der Waals surface area contributed by atoms with Crippen molar-refractivity contribution < 1.29 is 14.6 Å². The van der Waals surface area contributed by atoms with Crippen LogP contribution in [0, 0.1) is 6.92 Å². The van der Waals surface area contributed by atoms with Crippen molar-refractivity contribution in [3.8, 4) is 0 Å². The van der Waals surface area contributed by atoms with Crippen LogP contribution in [0.25, 0.3) is 0 Å². The molecule has 1 aromatic heterocycles. The van der Waals surface area contributed by atoms with E-state index in [4.69, 9.17) is 4.74 Å². The molecule has 0 spiro atoms. The van der Waals surface area contributed by atoms with Gasteiger partial charge in [0.1, 0.15) is 0 Å². The number of nitrogens with one attached hydrogen (secondary N) is 1. The Morgan fingerprint density at radius 1 is 1.31 bits per heavy atom. The molecule has 2 heterocycles. The number of nitrogens with zero attached hydrogens (tertiary/aromatic N) is 3. The third-order valence-corrected chi connectivity index (χ3v) is 4.65. The topological polar surface area (TPSA) is 79.6 Å². The molecule has 2 aromatic rings. The van der Waals surface area contributed by atoms with E-state index in [0.717, 1.165) is 50.5 Å². The van der Waals surface area contributed by atoms with E-state index in [-0.39, 0.29) is 12.5 Å². The lowest BCUT2D eigenvalue weighted by atomic mass is 10.0. The number of aryl methyl sites for hydroxylation is 1. The van der Waals surface area contributed by atoms with E-state index < -0.39 is 6.10 Å². The smallest absolute Gasteiger partial charge is 0.254 e. The molecule has 1 saturated heterocycles. The minimum absolute atomic E-state index is 0.169. The number of benzene rings is 1. The predicted octanol–water partition coefficient (Wildman–Crippen LogP) is 0.987. The van der Waals surface area contributed by atoms with E-state index in [0.29, 0.717) is 5.56 Å². The van der Waals surface area contributed by atoms with Crippen LogP contribution in [0.5, 0.6) is 0 Å². The number of aliphatic hydroxyl groups is 1. The molecule has 2 N–H and O–H groups in total. The third kappa shape index (κ3) is 4.91. The second-order valence-corrected chi connectivity index (χ2v) is 6.53. The van der Waals surface area contributed by atoms with E-state index in [1.165, 1.54) is 0 Å². The molecular weight excluding hydrogens is 332 g/mol. The molecule has 1 aliphatic heterocycles. The molecular formula is C19H26N4O3. The molecule has 0 aliphatic carbocycles. The molecule has 7 nitrogen and oxygen atoms in total. The molecule has 1 fully saturated rings. The summed E-state index contributed by atoms with van der Waals surface area (Å²) in [5.74, 6) is -0.227. The van der Waals surface area contributed by atoms with Gasteiger partial charge in [-0.1, -0.05) is 24.3 Å². The summed E-state index contributed by atoms with van der Waals surface area (Å²) in [7, 11) is 0. The highest BCUT2D eigenvalue weighted by Crippen LogP contribution is 2.16. The normalized spacial score (nSPS) is 16.4. The van der Waals surface area contributed by atoms with Crippen molar-refractivity contribution in [2.75, 3.05) is 39.4 Å². The summed E-state index contributed by atoms with van der Waals surface area (Å²) >= 11 is 0. The molecule has 140 valence electrons. The zero-order valence-electron chi connectivity index (χ0n) is 15.1. The predicted molar refractivity (Wildman–Crippen MR) is 98.0 cm³/mol. The Morgan fingerprint density at radius 2 is 2.08 bits per heavy atom. The Kier molecular flexibility index (Phi) is 6.38. The van der Waals surface area contributed by atoms with Crippen LogP contribution in [0.3, 0.4) is 0 Å². The largest absolute Gasteiger partial charge is 0.387 e. The van der Waals surface area contributed by atoms with Gasteiger partial charge in [-0.05, 0) is 18.1 Å². The first kappa shape index (κ1) is 18.6. The van der Waals surface area contributed by atoms with Crippen LogP contribution >= 0.6 is 0 Å². The summed E-state index contributed by atoms with van der Waals surface area (Å²) in [6.07, 6.45) is 2.58. The number of rotatable bonds is 7. The maximum atomic E-state index is 12.3. The summed E-state index contributed by atoms with van der Waals surface area (Å²) in [6.45, 7) is 7.15. The zero-order valence-corrected chi connectivity index (χ0v) is 15.1. The molecule has 1 unspecified atom stereocenters. The first-order valence-corrected chi connectivity index (χ1v) is 8.98. The Bertz CT molecular complexity index is 725. The highest BCUT2D eigenvalue weighted by Gasteiger charge is 2.14. The van der Waals surface area contributed by atoms with E-state index >= 15 is 0 Å². The van der Waals surface area contributed by atoms with Gasteiger partial charge in [-0.15, -0.1) is 0 Å². The second-order valence-electron chi connectivity index (χ2n) is 6.53. The number of carbonyl (C=O) groups is 1. The van der Waals surface area contributed by atoms with Gasteiger partial charge in [0, 0.05) is 32.4 Å². The van der Waals surface area contributed by atoms with Crippen LogP contribution in [0.4, 0.5) is 0 Å². The van der Waals surface area contributed by atoms with Gasteiger partial charge in [0.2, 0.25) is 0 Å². The van der Waals surface area contributed by atoms with Crippen LogP contribution in [0.15, 0.2) is 36.7 Å². The third-order valence-electron chi connectivity index (χ3n) is 4.65. The number of aromatic nitrogens is 2. The average molecular weight is 358 g/mol. The molecule has 26 heavy (non-hydrogen) atoms. The zero-order chi connectivity index (χ0) is 18.4. The van der Waals surface area contributed by atoms with Crippen LogP contribution in [-0.4, -0.2) is 65.1 Å². The summed E-state index contributed by atoms with van der Waals surface area (Å²) in [6, 6.07) is 7.62. The lowest BCUT2D eigenvalue weighted by Gasteiger charge is -2.26. The van der Waals surface area contributed by atoms with Crippen molar-refractivity contribution in [3.05, 3.63) is 53.3 Å². The lowest BCUT2D eigenvalue weighted by Crippen LogP contribution is -2.38. The molecule has 0 radical (unpaired) electrons. The van der Waals surface area contributed by atoms with Gasteiger partial charge >= 0.3 is 0 Å². The van der Waals surface area contributed by atoms with Crippen LogP contribution in [-0.2, 0) is 11.3 Å². The van der Waals surface area contributed by atoms with E-state index in [1.54, 1.807) is 17.1 Å². The summed E-state index contributed by atoms with van der Waals surface area (Å²) in [4.78, 5) is 14.6. The Labute approximate surface area is 153 Å². The fourth-order valence-electron chi connectivity index (χ4n) is 3.03. The van der Waals surface area contributed by atoms with Crippen molar-refractivity contribution in [1.29, 1.82) is 0 Å². The average Bonchev–Trinajstić information content (AvgIpc) is 3.14. The highest BCUT2D eigenvalue weighted by molar-refractivity contribution is 5.93. The minimum Gasteiger partial charge on any atom is -0.387 e. The number of aliphatic hydroxyl groups excluding tert-OH is 1. The monoisotopic (exact) mass is 358 g/mol. The van der Waals surface area contributed by atoms with Crippen molar-refractivity contribution in [2.24, 2.45) is 0 Å². The molecule has 1 aliphatic rings. The molecule has 0 saturated carbocycles. The van der Waals surface area contributed by atoms with E-state index in [2.05, 4.69) is 15.3 Å². The standard InChI is InChI=1S/C19H26N4O3/c1-15-4-2-3-5-17(15)18(24)13-20-19(25)16-12-21-23(14-16)7-6-22-8-10-26-11-9-22/h2-5,12,14,18,24H,6-11,13H2,1H3,(H,20,25). The van der Waals surface area contributed by atoms with E-state index in [1.807, 2.05) is 31.2 Å². The highest BCUT2D eigenvalue weighted by atomic mass is 16.5. The summed E-state index contributed by atoms with van der Waals surface area (Å²) in [5, 5.41) is 17.3. The van der Waals surface area contributed by atoms with Crippen molar-refractivity contribution in [1.82, 2.24) is 20.0 Å². The van der Waals surface area contributed by atoms with Crippen molar-refractivity contribution in [3.63, 3.8) is 0 Å². The number of carbonyl (C=O) groups excluding carboxylic acids is 1. The number of amides is 1. The Morgan fingerprint density at radius 3 is 2.85 bits per heavy atom. The number of ether oxygens (including phenoxy) is 1. The number of morpholine rings is 1. The first-order chi connectivity index (χ1) is 12.6. The summed E-state index contributed by atoms with van der Waals surface area (Å²) < 4.78 is 7.12. The van der Waals surface area contributed by atoms with Gasteiger partial charge < -0.3 is 15.2 Å². The van der Waals surface area contributed by atoms with Gasteiger partial charge in [0.05, 0.1) is 37.6 Å².